The Morgan fingerprint density at radius 3 is 1.12 bits per heavy atom. The molecular formula is C19H8F20N4. The van der Waals surface area contributed by atoms with Crippen molar-refractivity contribution in [1.82, 2.24) is 15.0 Å². The lowest BCUT2D eigenvalue weighted by molar-refractivity contribution is -0.416. The van der Waals surface area contributed by atoms with Crippen LogP contribution in [0, 0.1) is 0 Å². The van der Waals surface area contributed by atoms with Crippen LogP contribution in [0.1, 0.15) is 17.2 Å². The minimum Gasteiger partial charge on any atom is -0.350 e. The summed E-state index contributed by atoms with van der Waals surface area (Å²) in [4.78, 5) is 5.13. The van der Waals surface area contributed by atoms with Crippen molar-refractivity contribution in [2.75, 3.05) is 5.32 Å². The van der Waals surface area contributed by atoms with Crippen LogP contribution in [0.2, 0.25) is 0 Å². The first-order chi connectivity index (χ1) is 18.9. The smallest absolute Gasteiger partial charge is 0.350 e. The first-order valence-corrected chi connectivity index (χ1v) is 10.2. The van der Waals surface area contributed by atoms with Crippen LogP contribution in [0.4, 0.5) is 93.8 Å². The van der Waals surface area contributed by atoms with E-state index in [0.29, 0.717) is 0 Å². The highest BCUT2D eigenvalue weighted by Gasteiger charge is 2.92. The SMILES string of the molecule is FC(F)(F)C(F)(F)C(c1nc(NCc2ccccc2)nc(C(C(F)(F)F)(C(F)(F)F)C(F)(F)F)n1)(C(F)(F)F)C(F)(F)F. The zero-order chi connectivity index (χ0) is 33.9. The summed E-state index contributed by atoms with van der Waals surface area (Å²) in [5.41, 5.74) is -15.9. The molecule has 0 amide bonds. The maximum atomic E-state index is 14.3. The van der Waals surface area contributed by atoms with Crippen LogP contribution in [0.15, 0.2) is 30.3 Å². The molecule has 1 heterocycles. The van der Waals surface area contributed by atoms with Gasteiger partial charge in [0.25, 0.3) is 5.41 Å². The average Bonchev–Trinajstić information content (AvgIpc) is 2.73. The Labute approximate surface area is 223 Å². The van der Waals surface area contributed by atoms with Gasteiger partial charge >= 0.3 is 48.4 Å². The minimum atomic E-state index is -8.29. The second-order valence-corrected chi connectivity index (χ2v) is 8.21. The number of aromatic nitrogens is 3. The highest BCUT2D eigenvalue weighted by molar-refractivity contribution is 5.36. The van der Waals surface area contributed by atoms with Crippen molar-refractivity contribution in [3.05, 3.63) is 47.5 Å². The molecule has 0 aliphatic carbocycles. The van der Waals surface area contributed by atoms with Gasteiger partial charge < -0.3 is 5.32 Å². The van der Waals surface area contributed by atoms with Crippen LogP contribution in [0.5, 0.6) is 0 Å². The number of hydrogen-bond donors (Lipinski definition) is 1. The number of rotatable bonds is 6. The number of nitrogens with one attached hydrogen (secondary N) is 1. The number of nitrogens with zero attached hydrogens (tertiary/aromatic N) is 3. The van der Waals surface area contributed by atoms with E-state index in [1.165, 1.54) is 16.4 Å². The molecule has 24 heteroatoms. The molecule has 0 saturated heterocycles. The van der Waals surface area contributed by atoms with Crippen molar-refractivity contribution < 1.29 is 87.8 Å². The zero-order valence-electron chi connectivity index (χ0n) is 19.5. The third-order valence-corrected chi connectivity index (χ3v) is 5.55. The number of anilines is 1. The summed E-state index contributed by atoms with van der Waals surface area (Å²) in [6.45, 7) is -1.17. The summed E-state index contributed by atoms with van der Waals surface area (Å²) < 4.78 is 273. The second kappa shape index (κ2) is 10.4. The fourth-order valence-electron chi connectivity index (χ4n) is 3.55. The lowest BCUT2D eigenvalue weighted by Gasteiger charge is -2.42. The highest BCUT2D eigenvalue weighted by atomic mass is 19.4. The lowest BCUT2D eigenvalue weighted by atomic mass is 9.77. The van der Waals surface area contributed by atoms with E-state index in [4.69, 9.17) is 0 Å². The molecule has 0 radical (unpaired) electrons. The Bertz CT molecular complexity index is 1220. The summed E-state index contributed by atoms with van der Waals surface area (Å²) in [6, 6.07) is 5.44. The van der Waals surface area contributed by atoms with Crippen LogP contribution < -0.4 is 5.32 Å². The Morgan fingerprint density at radius 1 is 0.442 bits per heavy atom. The predicted molar refractivity (Wildman–Crippen MR) is 98.2 cm³/mol. The van der Waals surface area contributed by atoms with Gasteiger partial charge in [-0.1, -0.05) is 30.3 Å². The van der Waals surface area contributed by atoms with Gasteiger partial charge in [-0.25, -0.2) is 4.98 Å². The van der Waals surface area contributed by atoms with Crippen LogP contribution >= 0.6 is 0 Å². The minimum absolute atomic E-state index is 0.238. The summed E-state index contributed by atoms with van der Waals surface area (Å²) in [5.74, 6) is -19.3. The standard InChI is InChI=1S/C19H8F20N4/c20-13(21,19(37,38)39)11(14(22,23)24,15(25,26)27)8-41-9(12(16(28,29)30,17(31,32)33)18(34,35)36)43-10(42-8)40-6-7-4-2-1-3-5-7/h1-5H,6H2,(H,40,41,42,43). The van der Waals surface area contributed by atoms with Gasteiger partial charge in [-0.15, -0.1) is 0 Å². The molecule has 2 aromatic rings. The highest BCUT2D eigenvalue weighted by Crippen LogP contribution is 2.64. The Hall–Kier alpha value is -3.37. The third kappa shape index (κ3) is 5.55. The Balaban J connectivity index is 3.29. The van der Waals surface area contributed by atoms with Gasteiger partial charge in [0.2, 0.25) is 5.95 Å². The van der Waals surface area contributed by atoms with Gasteiger partial charge in [0, 0.05) is 6.54 Å². The van der Waals surface area contributed by atoms with E-state index in [2.05, 4.69) is 0 Å². The molecule has 0 spiro atoms. The topological polar surface area (TPSA) is 50.7 Å². The molecular weight excluding hydrogens is 664 g/mol. The predicted octanol–water partition coefficient (Wildman–Crippen LogP) is 7.97. The molecule has 0 aliphatic heterocycles. The van der Waals surface area contributed by atoms with Crippen LogP contribution in [-0.4, -0.2) is 57.9 Å². The molecule has 0 bridgehead atoms. The second-order valence-electron chi connectivity index (χ2n) is 8.21. The number of hydrogen-bond acceptors (Lipinski definition) is 4. The van der Waals surface area contributed by atoms with Gasteiger partial charge in [0.1, 0.15) is 0 Å². The number of benzene rings is 1. The Kier molecular flexibility index (Phi) is 8.64. The molecule has 2 rings (SSSR count). The van der Waals surface area contributed by atoms with Gasteiger partial charge in [-0.05, 0) is 5.56 Å². The Morgan fingerprint density at radius 2 is 0.791 bits per heavy atom. The summed E-state index contributed by atoms with van der Waals surface area (Å²) in [6.07, 6.45) is -47.8. The maximum absolute atomic E-state index is 14.3. The van der Waals surface area contributed by atoms with Gasteiger partial charge in [0.05, 0.1) is 0 Å². The maximum Gasteiger partial charge on any atom is 0.455 e. The molecule has 0 saturated carbocycles. The van der Waals surface area contributed by atoms with Crippen molar-refractivity contribution >= 4 is 5.95 Å². The third-order valence-electron chi connectivity index (χ3n) is 5.55. The molecule has 0 atom stereocenters. The van der Waals surface area contributed by atoms with Gasteiger partial charge in [0.15, 0.2) is 11.6 Å². The zero-order valence-corrected chi connectivity index (χ0v) is 19.5. The molecule has 244 valence electrons. The summed E-state index contributed by atoms with van der Waals surface area (Å²) >= 11 is 0. The van der Waals surface area contributed by atoms with Gasteiger partial charge in [-0.3, -0.25) is 0 Å². The first-order valence-electron chi connectivity index (χ1n) is 10.2. The van der Waals surface area contributed by atoms with E-state index in [9.17, 15) is 87.8 Å². The van der Waals surface area contributed by atoms with E-state index >= 15 is 0 Å². The molecule has 0 unspecified atom stereocenters. The molecule has 1 N–H and O–H groups in total. The van der Waals surface area contributed by atoms with E-state index in [1.807, 2.05) is 9.97 Å². The molecule has 43 heavy (non-hydrogen) atoms. The average molecular weight is 672 g/mol. The fraction of sp³-hybridized carbons (Fsp3) is 0.526. The van der Waals surface area contributed by atoms with Crippen molar-refractivity contribution in [2.24, 2.45) is 0 Å². The van der Waals surface area contributed by atoms with Crippen molar-refractivity contribution in [3.8, 4) is 0 Å². The fourth-order valence-corrected chi connectivity index (χ4v) is 3.55. The summed E-state index contributed by atoms with van der Waals surface area (Å²) in [5, 5.41) is 1.31. The van der Waals surface area contributed by atoms with E-state index in [0.717, 1.165) is 24.3 Å². The summed E-state index contributed by atoms with van der Waals surface area (Å²) in [7, 11) is 0. The van der Waals surface area contributed by atoms with Crippen molar-refractivity contribution in [1.29, 1.82) is 0 Å². The van der Waals surface area contributed by atoms with E-state index in [1.54, 1.807) is 0 Å². The monoisotopic (exact) mass is 672 g/mol. The number of halogens is 20. The molecule has 1 aromatic heterocycles. The van der Waals surface area contributed by atoms with Gasteiger partial charge in [-0.2, -0.15) is 97.8 Å². The molecule has 0 fully saturated rings. The lowest BCUT2D eigenvalue weighted by Crippen LogP contribution is -2.70. The molecule has 4 nitrogen and oxygen atoms in total. The molecule has 1 aromatic carbocycles. The van der Waals surface area contributed by atoms with Crippen molar-refractivity contribution in [2.45, 2.75) is 60.4 Å². The first kappa shape index (κ1) is 35.8. The quantitative estimate of drug-likeness (QED) is 0.317. The van der Waals surface area contributed by atoms with Crippen LogP contribution in [-0.2, 0) is 17.4 Å². The molecule has 0 aliphatic rings. The van der Waals surface area contributed by atoms with Crippen molar-refractivity contribution in [3.63, 3.8) is 0 Å². The van der Waals surface area contributed by atoms with E-state index < -0.39 is 78.0 Å². The van der Waals surface area contributed by atoms with Crippen LogP contribution in [0.3, 0.4) is 0 Å². The normalized spacial score (nSPS) is 15.1. The van der Waals surface area contributed by atoms with Crippen LogP contribution in [0.25, 0.3) is 0 Å². The largest absolute Gasteiger partial charge is 0.455 e. The van der Waals surface area contributed by atoms with E-state index in [-0.39, 0.29) is 5.56 Å². The number of alkyl halides is 20.